The van der Waals surface area contributed by atoms with E-state index in [1.54, 1.807) is 14.2 Å². The van der Waals surface area contributed by atoms with Crippen LogP contribution in [-0.2, 0) is 13.1 Å². The Morgan fingerprint density at radius 2 is 1.65 bits per heavy atom. The Balaban J connectivity index is 1.98. The summed E-state index contributed by atoms with van der Waals surface area (Å²) in [4.78, 5) is 0. The van der Waals surface area contributed by atoms with E-state index in [2.05, 4.69) is 39.4 Å². The molecule has 0 saturated carbocycles. The van der Waals surface area contributed by atoms with Crippen LogP contribution >= 0.6 is 15.9 Å². The molecule has 0 amide bonds. The van der Waals surface area contributed by atoms with Crippen molar-refractivity contribution in [1.29, 1.82) is 0 Å². The zero-order chi connectivity index (χ0) is 16.7. The second-order valence-corrected chi connectivity index (χ2v) is 5.85. The van der Waals surface area contributed by atoms with E-state index in [1.165, 1.54) is 5.56 Å². The molecular formula is C18H22BrNO3. The molecular weight excluding hydrogens is 358 g/mol. The number of hydrogen-bond donors (Lipinski definition) is 1. The van der Waals surface area contributed by atoms with Gasteiger partial charge in [-0.25, -0.2) is 0 Å². The summed E-state index contributed by atoms with van der Waals surface area (Å²) in [5, 5.41) is 3.43. The minimum absolute atomic E-state index is 0.601. The van der Waals surface area contributed by atoms with E-state index >= 15 is 0 Å². The molecule has 5 heteroatoms. The molecule has 0 fully saturated rings. The van der Waals surface area contributed by atoms with E-state index in [0.717, 1.165) is 40.4 Å². The van der Waals surface area contributed by atoms with Gasteiger partial charge in [0.1, 0.15) is 5.75 Å². The molecule has 124 valence electrons. The smallest absolute Gasteiger partial charge is 0.175 e. The number of methoxy groups -OCH3 is 2. The minimum Gasteiger partial charge on any atom is -0.497 e. The van der Waals surface area contributed by atoms with Gasteiger partial charge in [0.2, 0.25) is 0 Å². The zero-order valence-corrected chi connectivity index (χ0v) is 15.3. The topological polar surface area (TPSA) is 39.7 Å². The average molecular weight is 380 g/mol. The van der Waals surface area contributed by atoms with E-state index in [9.17, 15) is 0 Å². The summed E-state index contributed by atoms with van der Waals surface area (Å²) >= 11 is 3.55. The zero-order valence-electron chi connectivity index (χ0n) is 13.7. The van der Waals surface area contributed by atoms with Crippen LogP contribution < -0.4 is 19.5 Å². The van der Waals surface area contributed by atoms with Crippen LogP contribution in [0.4, 0.5) is 0 Å². The second-order valence-electron chi connectivity index (χ2n) is 4.99. The molecule has 0 heterocycles. The number of benzene rings is 2. The molecule has 0 atom stereocenters. The predicted octanol–water partition coefficient (Wildman–Crippen LogP) is 4.15. The first kappa shape index (κ1) is 17.6. The quantitative estimate of drug-likeness (QED) is 0.747. The van der Waals surface area contributed by atoms with Crippen LogP contribution in [0.5, 0.6) is 17.2 Å². The van der Waals surface area contributed by atoms with E-state index in [0.29, 0.717) is 6.61 Å². The first-order chi connectivity index (χ1) is 11.2. The maximum absolute atomic E-state index is 5.61. The highest BCUT2D eigenvalue weighted by Gasteiger charge is 2.11. The Morgan fingerprint density at radius 3 is 2.26 bits per heavy atom. The molecule has 2 aromatic carbocycles. The lowest BCUT2D eigenvalue weighted by atomic mass is 10.2. The highest BCUT2D eigenvalue weighted by Crippen LogP contribution is 2.36. The highest BCUT2D eigenvalue weighted by atomic mass is 79.9. The van der Waals surface area contributed by atoms with Gasteiger partial charge in [0.25, 0.3) is 0 Å². The maximum atomic E-state index is 5.61. The van der Waals surface area contributed by atoms with Gasteiger partial charge in [0.15, 0.2) is 11.5 Å². The molecule has 2 aromatic rings. The van der Waals surface area contributed by atoms with Crippen LogP contribution in [0.25, 0.3) is 0 Å². The average Bonchev–Trinajstić information content (AvgIpc) is 2.57. The molecule has 0 aliphatic rings. The van der Waals surface area contributed by atoms with E-state index < -0.39 is 0 Å². The normalized spacial score (nSPS) is 10.4. The third kappa shape index (κ3) is 4.88. The summed E-state index contributed by atoms with van der Waals surface area (Å²) in [6.07, 6.45) is 0. The van der Waals surface area contributed by atoms with Gasteiger partial charge in [-0.2, -0.15) is 0 Å². The van der Waals surface area contributed by atoms with Crippen molar-refractivity contribution in [3.63, 3.8) is 0 Å². The van der Waals surface area contributed by atoms with Gasteiger partial charge in [-0.3, -0.25) is 0 Å². The summed E-state index contributed by atoms with van der Waals surface area (Å²) in [6, 6.07) is 12.1. The Bertz CT molecular complexity index is 629. The van der Waals surface area contributed by atoms with E-state index in [1.807, 2.05) is 25.1 Å². The van der Waals surface area contributed by atoms with Crippen LogP contribution in [0.1, 0.15) is 18.1 Å². The van der Waals surface area contributed by atoms with Crippen molar-refractivity contribution in [3.05, 3.63) is 52.0 Å². The molecule has 1 N–H and O–H groups in total. The molecule has 0 aromatic heterocycles. The van der Waals surface area contributed by atoms with Crippen LogP contribution in [0, 0.1) is 0 Å². The van der Waals surface area contributed by atoms with Crippen LogP contribution in [0.3, 0.4) is 0 Å². The number of halogens is 1. The van der Waals surface area contributed by atoms with Crippen molar-refractivity contribution in [2.75, 3.05) is 20.8 Å². The highest BCUT2D eigenvalue weighted by molar-refractivity contribution is 9.10. The van der Waals surface area contributed by atoms with Gasteiger partial charge in [-0.05, 0) is 58.2 Å². The van der Waals surface area contributed by atoms with E-state index in [-0.39, 0.29) is 0 Å². The summed E-state index contributed by atoms with van der Waals surface area (Å²) in [6.45, 7) is 4.09. The third-order valence-electron chi connectivity index (χ3n) is 3.40. The van der Waals surface area contributed by atoms with Crippen molar-refractivity contribution in [2.24, 2.45) is 0 Å². The fraction of sp³-hybridized carbons (Fsp3) is 0.333. The standard InChI is InChI=1S/C18H22BrNO3/c1-4-23-18-16(19)9-14(10-17(18)22-3)12-20-11-13-5-7-15(21-2)8-6-13/h5-10,20H,4,11-12H2,1-3H3. The van der Waals surface area contributed by atoms with Gasteiger partial charge in [0, 0.05) is 13.1 Å². The summed E-state index contributed by atoms with van der Waals surface area (Å²) < 4.78 is 17.1. The summed E-state index contributed by atoms with van der Waals surface area (Å²) in [5.41, 5.74) is 2.34. The van der Waals surface area contributed by atoms with Crippen molar-refractivity contribution < 1.29 is 14.2 Å². The Morgan fingerprint density at radius 1 is 0.957 bits per heavy atom. The number of ether oxygens (including phenoxy) is 3. The molecule has 23 heavy (non-hydrogen) atoms. The molecule has 0 saturated heterocycles. The van der Waals surface area contributed by atoms with Crippen molar-refractivity contribution >= 4 is 15.9 Å². The van der Waals surface area contributed by atoms with Gasteiger partial charge in [0.05, 0.1) is 25.3 Å². The van der Waals surface area contributed by atoms with Gasteiger partial charge in [-0.1, -0.05) is 12.1 Å². The molecule has 0 unspecified atom stereocenters. The van der Waals surface area contributed by atoms with Crippen LogP contribution in [-0.4, -0.2) is 20.8 Å². The van der Waals surface area contributed by atoms with Gasteiger partial charge >= 0.3 is 0 Å². The largest absolute Gasteiger partial charge is 0.497 e. The summed E-state index contributed by atoms with van der Waals surface area (Å²) in [5.74, 6) is 2.35. The molecule has 0 radical (unpaired) electrons. The lowest BCUT2D eigenvalue weighted by molar-refractivity contribution is 0.308. The number of rotatable bonds is 8. The first-order valence-corrected chi connectivity index (χ1v) is 8.30. The number of hydrogen-bond acceptors (Lipinski definition) is 4. The van der Waals surface area contributed by atoms with E-state index in [4.69, 9.17) is 14.2 Å². The Kier molecular flexibility index (Phi) is 6.74. The van der Waals surface area contributed by atoms with Crippen molar-refractivity contribution in [2.45, 2.75) is 20.0 Å². The minimum atomic E-state index is 0.601. The predicted molar refractivity (Wildman–Crippen MR) is 95.4 cm³/mol. The summed E-state index contributed by atoms with van der Waals surface area (Å²) in [7, 11) is 3.32. The molecule has 0 aliphatic carbocycles. The second kappa shape index (κ2) is 8.79. The molecule has 2 rings (SSSR count). The van der Waals surface area contributed by atoms with Crippen molar-refractivity contribution in [1.82, 2.24) is 5.32 Å². The Labute approximate surface area is 145 Å². The Hall–Kier alpha value is -1.72. The third-order valence-corrected chi connectivity index (χ3v) is 3.98. The SMILES string of the molecule is CCOc1c(Br)cc(CNCc2ccc(OC)cc2)cc1OC. The molecule has 0 aliphatic heterocycles. The fourth-order valence-electron chi connectivity index (χ4n) is 2.25. The first-order valence-electron chi connectivity index (χ1n) is 7.50. The van der Waals surface area contributed by atoms with Crippen LogP contribution in [0.2, 0.25) is 0 Å². The molecule has 0 spiro atoms. The lowest BCUT2D eigenvalue weighted by Crippen LogP contribution is -2.13. The molecule has 4 nitrogen and oxygen atoms in total. The lowest BCUT2D eigenvalue weighted by Gasteiger charge is -2.14. The van der Waals surface area contributed by atoms with Crippen LogP contribution in [0.15, 0.2) is 40.9 Å². The maximum Gasteiger partial charge on any atom is 0.175 e. The fourth-order valence-corrected chi connectivity index (χ4v) is 2.86. The monoisotopic (exact) mass is 379 g/mol. The van der Waals surface area contributed by atoms with Gasteiger partial charge < -0.3 is 19.5 Å². The van der Waals surface area contributed by atoms with Gasteiger partial charge in [-0.15, -0.1) is 0 Å². The number of nitrogens with one attached hydrogen (secondary N) is 1. The molecule has 0 bridgehead atoms. The van der Waals surface area contributed by atoms with Crippen molar-refractivity contribution in [3.8, 4) is 17.2 Å².